The van der Waals surface area contributed by atoms with E-state index in [-0.39, 0.29) is 24.4 Å². The maximum Gasteiger partial charge on any atom is 0.300 e. The predicted octanol–water partition coefficient (Wildman–Crippen LogP) is -0.959. The van der Waals surface area contributed by atoms with Crippen LogP contribution in [0.15, 0.2) is 0 Å². The van der Waals surface area contributed by atoms with Gasteiger partial charge >= 0.3 is 5.97 Å². The zero-order valence-corrected chi connectivity index (χ0v) is 9.93. The molecule has 96 valence electrons. The van der Waals surface area contributed by atoms with Crippen molar-refractivity contribution in [1.29, 1.82) is 0 Å². The Labute approximate surface area is 98.5 Å². The monoisotopic (exact) mass is 244 g/mol. The van der Waals surface area contributed by atoms with Crippen molar-refractivity contribution in [2.75, 3.05) is 44.7 Å². The van der Waals surface area contributed by atoms with Crippen molar-refractivity contribution >= 4 is 17.8 Å². The van der Waals surface area contributed by atoms with E-state index in [0.717, 1.165) is 0 Å². The third kappa shape index (κ3) is 3.37. The first-order chi connectivity index (χ1) is 8.05. The number of anilines is 3. The molecule has 0 unspecified atom stereocenters. The average molecular weight is 244 g/mol. The van der Waals surface area contributed by atoms with Crippen molar-refractivity contribution in [2.24, 2.45) is 0 Å². The van der Waals surface area contributed by atoms with Crippen molar-refractivity contribution in [2.45, 2.75) is 5.97 Å². The van der Waals surface area contributed by atoms with Gasteiger partial charge in [0.25, 0.3) is 0 Å². The lowest BCUT2D eigenvalue weighted by Gasteiger charge is -2.28. The zero-order chi connectivity index (χ0) is 12.9. The van der Waals surface area contributed by atoms with Gasteiger partial charge in [-0.15, -0.1) is 0 Å². The number of methoxy groups -OCH3 is 3. The van der Waals surface area contributed by atoms with Crippen LogP contribution >= 0.6 is 0 Å². The molecular weight excluding hydrogens is 228 g/mol. The van der Waals surface area contributed by atoms with Crippen molar-refractivity contribution in [3.63, 3.8) is 0 Å². The second kappa shape index (κ2) is 5.57. The molecule has 0 aliphatic carbocycles. The lowest BCUT2D eigenvalue weighted by atomic mass is 10.5. The van der Waals surface area contributed by atoms with Crippen LogP contribution in [0.3, 0.4) is 0 Å². The Morgan fingerprint density at radius 1 is 1.00 bits per heavy atom. The van der Waals surface area contributed by atoms with Gasteiger partial charge in [-0.25, -0.2) is 0 Å². The third-order valence-electron chi connectivity index (χ3n) is 2.07. The summed E-state index contributed by atoms with van der Waals surface area (Å²) in [5.41, 5.74) is 10.8. The van der Waals surface area contributed by atoms with E-state index in [1.165, 1.54) is 21.3 Å². The van der Waals surface area contributed by atoms with Crippen LogP contribution in [0.25, 0.3) is 0 Å². The molecule has 0 radical (unpaired) electrons. The largest absolute Gasteiger partial charge is 0.368 e. The summed E-state index contributed by atoms with van der Waals surface area (Å²) in [7, 11) is 4.35. The van der Waals surface area contributed by atoms with Crippen molar-refractivity contribution in [3.8, 4) is 0 Å². The zero-order valence-electron chi connectivity index (χ0n) is 9.93. The normalized spacial score (nSPS) is 11.5. The second-order valence-electron chi connectivity index (χ2n) is 3.02. The molecule has 5 N–H and O–H groups in total. The highest BCUT2D eigenvalue weighted by atomic mass is 16.9. The van der Waals surface area contributed by atoms with E-state index in [0.29, 0.717) is 0 Å². The van der Waals surface area contributed by atoms with Crippen LogP contribution in [-0.2, 0) is 14.2 Å². The van der Waals surface area contributed by atoms with Gasteiger partial charge in [0.05, 0.1) is 6.54 Å². The Hall–Kier alpha value is -1.71. The van der Waals surface area contributed by atoms with Crippen molar-refractivity contribution in [1.82, 2.24) is 15.0 Å². The summed E-state index contributed by atoms with van der Waals surface area (Å²) in [4.78, 5) is 11.3. The molecule has 17 heavy (non-hydrogen) atoms. The van der Waals surface area contributed by atoms with Gasteiger partial charge in [-0.3, -0.25) is 0 Å². The van der Waals surface area contributed by atoms with E-state index in [2.05, 4.69) is 20.3 Å². The number of nitrogens with one attached hydrogen (secondary N) is 1. The highest BCUT2D eigenvalue weighted by molar-refractivity contribution is 5.37. The molecule has 1 heterocycles. The summed E-state index contributed by atoms with van der Waals surface area (Å²) >= 11 is 0. The van der Waals surface area contributed by atoms with Crippen LogP contribution in [0, 0.1) is 0 Å². The first-order valence-electron chi connectivity index (χ1n) is 4.71. The highest BCUT2D eigenvalue weighted by Crippen LogP contribution is 2.13. The number of aromatic nitrogens is 3. The average Bonchev–Trinajstić information content (AvgIpc) is 2.30. The summed E-state index contributed by atoms with van der Waals surface area (Å²) in [5.74, 6) is -0.961. The smallest absolute Gasteiger partial charge is 0.300 e. The van der Waals surface area contributed by atoms with Crippen LogP contribution in [0.5, 0.6) is 0 Å². The molecule has 0 fully saturated rings. The lowest BCUT2D eigenvalue weighted by Crippen LogP contribution is -2.43. The van der Waals surface area contributed by atoms with Crippen LogP contribution in [0.2, 0.25) is 0 Å². The summed E-state index contributed by atoms with van der Waals surface area (Å²) < 4.78 is 15.2. The highest BCUT2D eigenvalue weighted by Gasteiger charge is 2.29. The molecular formula is C8H16N6O3. The van der Waals surface area contributed by atoms with E-state index in [1.807, 2.05) is 0 Å². The molecule has 0 saturated carbocycles. The Balaban J connectivity index is 2.71. The van der Waals surface area contributed by atoms with Crippen molar-refractivity contribution in [3.05, 3.63) is 0 Å². The molecule has 0 saturated heterocycles. The fourth-order valence-corrected chi connectivity index (χ4v) is 1.14. The number of ether oxygens (including phenoxy) is 3. The predicted molar refractivity (Wildman–Crippen MR) is 60.9 cm³/mol. The molecule has 1 aromatic rings. The number of hydrogen-bond acceptors (Lipinski definition) is 9. The molecule has 0 aromatic carbocycles. The second-order valence-corrected chi connectivity index (χ2v) is 3.02. The Bertz CT molecular complexity index is 342. The molecule has 1 aromatic heterocycles. The number of nitrogen functional groups attached to an aromatic ring is 2. The van der Waals surface area contributed by atoms with Crippen LogP contribution < -0.4 is 16.8 Å². The standard InChI is InChI=1S/C8H16N6O3/c1-15-8(16-2,17-3)4-11-7-13-5(9)12-6(10)14-7/h4H2,1-3H3,(H5,9,10,11,12,13,14). The van der Waals surface area contributed by atoms with Crippen LogP contribution in [0.1, 0.15) is 0 Å². The van der Waals surface area contributed by atoms with E-state index < -0.39 is 5.97 Å². The Morgan fingerprint density at radius 2 is 1.47 bits per heavy atom. The Morgan fingerprint density at radius 3 is 1.88 bits per heavy atom. The van der Waals surface area contributed by atoms with Crippen LogP contribution in [0.4, 0.5) is 17.8 Å². The molecule has 0 spiro atoms. The molecule has 0 aliphatic rings. The van der Waals surface area contributed by atoms with Gasteiger partial charge < -0.3 is 31.0 Å². The van der Waals surface area contributed by atoms with E-state index in [1.54, 1.807) is 0 Å². The summed E-state index contributed by atoms with van der Waals surface area (Å²) in [5, 5.41) is 2.82. The number of nitrogens with zero attached hydrogens (tertiary/aromatic N) is 3. The van der Waals surface area contributed by atoms with E-state index in [9.17, 15) is 0 Å². The molecule has 0 amide bonds. The number of hydrogen-bond donors (Lipinski definition) is 3. The molecule has 1 rings (SSSR count). The van der Waals surface area contributed by atoms with Gasteiger partial charge in [-0.05, 0) is 0 Å². The Kier molecular flexibility index (Phi) is 4.37. The third-order valence-corrected chi connectivity index (χ3v) is 2.07. The van der Waals surface area contributed by atoms with Gasteiger partial charge in [-0.1, -0.05) is 0 Å². The SMILES string of the molecule is COC(CNc1nc(N)nc(N)n1)(OC)OC. The topological polar surface area (TPSA) is 130 Å². The molecule has 9 nitrogen and oxygen atoms in total. The van der Waals surface area contributed by atoms with Gasteiger partial charge in [0.2, 0.25) is 17.8 Å². The van der Waals surface area contributed by atoms with Gasteiger partial charge in [0, 0.05) is 21.3 Å². The molecule has 9 heteroatoms. The molecule has 0 aliphatic heterocycles. The molecule has 0 atom stereocenters. The van der Waals surface area contributed by atoms with Gasteiger partial charge in [0.1, 0.15) is 0 Å². The number of rotatable bonds is 6. The minimum absolute atomic E-state index is 0.0258. The molecule has 0 bridgehead atoms. The van der Waals surface area contributed by atoms with Gasteiger partial charge in [0.15, 0.2) is 0 Å². The fraction of sp³-hybridized carbons (Fsp3) is 0.625. The van der Waals surface area contributed by atoms with E-state index >= 15 is 0 Å². The summed E-state index contributed by atoms with van der Waals surface area (Å²) in [6.07, 6.45) is 0. The first kappa shape index (κ1) is 13.4. The minimum atomic E-state index is -1.23. The maximum atomic E-state index is 5.42. The van der Waals surface area contributed by atoms with Crippen molar-refractivity contribution < 1.29 is 14.2 Å². The van der Waals surface area contributed by atoms with Gasteiger partial charge in [-0.2, -0.15) is 15.0 Å². The minimum Gasteiger partial charge on any atom is -0.368 e. The summed E-state index contributed by atoms with van der Waals surface area (Å²) in [6, 6.07) is 0. The van der Waals surface area contributed by atoms with E-state index in [4.69, 9.17) is 25.7 Å². The van der Waals surface area contributed by atoms with Crippen LogP contribution in [-0.4, -0.2) is 48.8 Å². The quantitative estimate of drug-likeness (QED) is 0.541. The first-order valence-corrected chi connectivity index (χ1v) is 4.71. The summed E-state index contributed by atoms with van der Waals surface area (Å²) in [6.45, 7) is 0.152. The maximum absolute atomic E-state index is 5.42. The fourth-order valence-electron chi connectivity index (χ4n) is 1.14. The number of nitrogens with two attached hydrogens (primary N) is 2. The lowest BCUT2D eigenvalue weighted by molar-refractivity contribution is -0.342.